The lowest BCUT2D eigenvalue weighted by Crippen LogP contribution is -2.46. The van der Waals surface area contributed by atoms with Gasteiger partial charge in [0.2, 0.25) is 0 Å². The van der Waals surface area contributed by atoms with Crippen molar-refractivity contribution in [1.82, 2.24) is 0 Å². The summed E-state index contributed by atoms with van der Waals surface area (Å²) in [6.45, 7) is 8.28. The number of hydrogen-bond donors (Lipinski definition) is 0. The zero-order valence-electron chi connectivity index (χ0n) is 13.7. The van der Waals surface area contributed by atoms with Crippen LogP contribution in [0.5, 0.6) is 0 Å². The van der Waals surface area contributed by atoms with Gasteiger partial charge in [-0.05, 0) is 44.9 Å². The molecule has 0 spiro atoms. The minimum Gasteiger partial charge on any atom is -0.374 e. The maximum atomic E-state index is 12.8. The van der Waals surface area contributed by atoms with E-state index in [9.17, 15) is 4.39 Å². The van der Waals surface area contributed by atoms with Gasteiger partial charge in [-0.25, -0.2) is 4.39 Å². The molecule has 4 nitrogen and oxygen atoms in total. The van der Waals surface area contributed by atoms with Gasteiger partial charge in [-0.15, -0.1) is 0 Å². The Morgan fingerprint density at radius 2 is 1.55 bits per heavy atom. The predicted molar refractivity (Wildman–Crippen MR) is 88.9 cm³/mol. The van der Waals surface area contributed by atoms with Crippen molar-refractivity contribution in [2.75, 3.05) is 26.4 Å². The first-order chi connectivity index (χ1) is 10.7. The SMILES string of the molecule is CCO[Si](CCCN=Cc1ccc(F)cc1)(OCC)OCC. The summed E-state index contributed by atoms with van der Waals surface area (Å²) in [5.74, 6) is -0.238. The van der Waals surface area contributed by atoms with Crippen LogP contribution in [0.25, 0.3) is 0 Å². The van der Waals surface area contributed by atoms with E-state index in [1.165, 1.54) is 12.1 Å². The van der Waals surface area contributed by atoms with Gasteiger partial charge in [0.05, 0.1) is 0 Å². The molecule has 0 unspecified atom stereocenters. The van der Waals surface area contributed by atoms with Crippen LogP contribution in [0.4, 0.5) is 4.39 Å². The van der Waals surface area contributed by atoms with Crippen LogP contribution in [-0.4, -0.2) is 41.4 Å². The van der Waals surface area contributed by atoms with E-state index in [0.717, 1.165) is 18.0 Å². The number of rotatable bonds is 11. The molecule has 0 bridgehead atoms. The van der Waals surface area contributed by atoms with Gasteiger partial charge >= 0.3 is 8.80 Å². The summed E-state index contributed by atoms with van der Waals surface area (Å²) in [4.78, 5) is 4.36. The summed E-state index contributed by atoms with van der Waals surface area (Å²) < 4.78 is 30.2. The molecule has 0 saturated carbocycles. The monoisotopic (exact) mass is 327 g/mol. The van der Waals surface area contributed by atoms with E-state index in [0.29, 0.717) is 26.4 Å². The van der Waals surface area contributed by atoms with Crippen molar-refractivity contribution in [2.45, 2.75) is 33.2 Å². The molecule has 0 aromatic heterocycles. The minimum atomic E-state index is -2.56. The highest BCUT2D eigenvalue weighted by molar-refractivity contribution is 6.60. The Morgan fingerprint density at radius 1 is 1.00 bits per heavy atom. The van der Waals surface area contributed by atoms with Crippen LogP contribution in [0.2, 0.25) is 6.04 Å². The van der Waals surface area contributed by atoms with Crippen molar-refractivity contribution < 1.29 is 17.7 Å². The summed E-state index contributed by atoms with van der Waals surface area (Å²) >= 11 is 0. The molecule has 0 heterocycles. The standard InChI is InChI=1S/C16H26FNO3Si/c1-4-19-22(20-5-2,21-6-3)13-7-12-18-14-15-8-10-16(17)11-9-15/h8-11,14H,4-7,12-13H2,1-3H3. The van der Waals surface area contributed by atoms with Gasteiger partial charge in [0.1, 0.15) is 5.82 Å². The Labute approximate surface area is 133 Å². The number of benzene rings is 1. The molecule has 22 heavy (non-hydrogen) atoms. The van der Waals surface area contributed by atoms with Gasteiger partial charge in [-0.1, -0.05) is 12.1 Å². The van der Waals surface area contributed by atoms with Gasteiger partial charge in [-0.2, -0.15) is 0 Å². The van der Waals surface area contributed by atoms with E-state index in [2.05, 4.69) is 4.99 Å². The second-order valence-corrected chi connectivity index (χ2v) is 7.40. The van der Waals surface area contributed by atoms with Gasteiger partial charge < -0.3 is 13.3 Å². The molecule has 0 saturated heterocycles. The third-order valence-corrected chi connectivity index (χ3v) is 6.12. The fourth-order valence-electron chi connectivity index (χ4n) is 2.11. The Hall–Kier alpha value is -1.08. The molecule has 0 aliphatic heterocycles. The molecule has 0 fully saturated rings. The van der Waals surface area contributed by atoms with E-state index in [-0.39, 0.29) is 5.82 Å². The molecule has 0 amide bonds. The number of halogens is 1. The van der Waals surface area contributed by atoms with Crippen molar-refractivity contribution in [1.29, 1.82) is 0 Å². The summed E-state index contributed by atoms with van der Waals surface area (Å²) in [6, 6.07) is 7.03. The van der Waals surface area contributed by atoms with Crippen LogP contribution in [0.1, 0.15) is 32.8 Å². The maximum Gasteiger partial charge on any atom is 0.500 e. The van der Waals surface area contributed by atoms with Crippen molar-refractivity contribution in [3.8, 4) is 0 Å². The average molecular weight is 327 g/mol. The molecule has 124 valence electrons. The normalized spacial score (nSPS) is 12.2. The molecule has 0 atom stereocenters. The summed E-state index contributed by atoms with van der Waals surface area (Å²) in [5.41, 5.74) is 0.893. The fourth-order valence-corrected chi connectivity index (χ4v) is 4.70. The largest absolute Gasteiger partial charge is 0.500 e. The first-order valence-corrected chi connectivity index (χ1v) is 9.76. The number of aliphatic imine (C=N–C) groups is 1. The zero-order valence-corrected chi connectivity index (χ0v) is 14.7. The lowest BCUT2D eigenvalue weighted by Gasteiger charge is -2.28. The van der Waals surface area contributed by atoms with Gasteiger partial charge in [-0.3, -0.25) is 4.99 Å². The van der Waals surface area contributed by atoms with E-state index in [1.807, 2.05) is 20.8 Å². The molecule has 0 aliphatic rings. The molecular weight excluding hydrogens is 301 g/mol. The summed E-state index contributed by atoms with van der Waals surface area (Å²) in [7, 11) is -2.56. The maximum absolute atomic E-state index is 12.8. The van der Waals surface area contributed by atoms with Crippen LogP contribution in [0.3, 0.4) is 0 Å². The molecular formula is C16H26FNO3Si. The molecule has 0 radical (unpaired) electrons. The average Bonchev–Trinajstić information content (AvgIpc) is 2.50. The third kappa shape index (κ3) is 6.78. The second-order valence-electron chi connectivity index (χ2n) is 4.67. The smallest absolute Gasteiger partial charge is 0.374 e. The van der Waals surface area contributed by atoms with Crippen molar-refractivity contribution in [3.63, 3.8) is 0 Å². The Bertz CT molecular complexity index is 423. The second kappa shape index (κ2) is 10.6. The highest BCUT2D eigenvalue weighted by atomic mass is 28.4. The van der Waals surface area contributed by atoms with E-state index in [4.69, 9.17) is 13.3 Å². The molecule has 1 aromatic carbocycles. The van der Waals surface area contributed by atoms with Gasteiger partial charge in [0, 0.05) is 38.6 Å². The Kier molecular flexibility index (Phi) is 9.15. The van der Waals surface area contributed by atoms with Crippen molar-refractivity contribution in [2.24, 2.45) is 4.99 Å². The first kappa shape index (κ1) is 19.0. The molecule has 0 N–H and O–H groups in total. The lowest BCUT2D eigenvalue weighted by molar-refractivity contribution is 0.0710. The highest BCUT2D eigenvalue weighted by Gasteiger charge is 2.39. The van der Waals surface area contributed by atoms with Crippen LogP contribution in [0.15, 0.2) is 29.3 Å². The van der Waals surface area contributed by atoms with E-state index in [1.54, 1.807) is 18.3 Å². The molecule has 1 aromatic rings. The van der Waals surface area contributed by atoms with E-state index >= 15 is 0 Å². The Morgan fingerprint density at radius 3 is 2.05 bits per heavy atom. The lowest BCUT2D eigenvalue weighted by atomic mass is 10.2. The molecule has 6 heteroatoms. The number of hydrogen-bond acceptors (Lipinski definition) is 4. The molecule has 1 rings (SSSR count). The van der Waals surface area contributed by atoms with Crippen molar-refractivity contribution in [3.05, 3.63) is 35.6 Å². The van der Waals surface area contributed by atoms with Crippen LogP contribution in [0, 0.1) is 5.82 Å². The Balaban J connectivity index is 2.45. The van der Waals surface area contributed by atoms with E-state index < -0.39 is 8.80 Å². The summed E-state index contributed by atoms with van der Waals surface area (Å²) in [5, 5.41) is 0. The fraction of sp³-hybridized carbons (Fsp3) is 0.562. The molecule has 0 aliphatic carbocycles. The number of nitrogens with zero attached hydrogens (tertiary/aromatic N) is 1. The van der Waals surface area contributed by atoms with Crippen LogP contribution < -0.4 is 0 Å². The van der Waals surface area contributed by atoms with Gasteiger partial charge in [0.25, 0.3) is 0 Å². The predicted octanol–water partition coefficient (Wildman–Crippen LogP) is 3.68. The third-order valence-electron chi connectivity index (χ3n) is 2.97. The minimum absolute atomic E-state index is 0.238. The quantitative estimate of drug-likeness (QED) is 0.353. The first-order valence-electron chi connectivity index (χ1n) is 7.83. The van der Waals surface area contributed by atoms with Gasteiger partial charge in [0.15, 0.2) is 0 Å². The van der Waals surface area contributed by atoms with Crippen LogP contribution >= 0.6 is 0 Å². The zero-order chi connectivity index (χ0) is 16.3. The van der Waals surface area contributed by atoms with Crippen LogP contribution in [-0.2, 0) is 13.3 Å². The highest BCUT2D eigenvalue weighted by Crippen LogP contribution is 2.18. The summed E-state index contributed by atoms with van der Waals surface area (Å²) in [6.07, 6.45) is 2.59. The topological polar surface area (TPSA) is 40.0 Å². The van der Waals surface area contributed by atoms with Crippen molar-refractivity contribution >= 4 is 15.0 Å².